The number of hydrogen-bond acceptors (Lipinski definition) is 3. The Hall–Kier alpha value is -1.69. The van der Waals surface area contributed by atoms with Crippen LogP contribution in [0.1, 0.15) is 30.4 Å². The second-order valence-corrected chi connectivity index (χ2v) is 9.85. The lowest BCUT2D eigenvalue weighted by Gasteiger charge is -2.44. The molecule has 0 N–H and O–H groups in total. The second kappa shape index (κ2) is 7.74. The summed E-state index contributed by atoms with van der Waals surface area (Å²) >= 11 is 0. The summed E-state index contributed by atoms with van der Waals surface area (Å²) in [4.78, 5) is 0.398. The van der Waals surface area contributed by atoms with Gasteiger partial charge in [-0.1, -0.05) is 48.0 Å². The van der Waals surface area contributed by atoms with Crippen molar-refractivity contribution >= 4 is 10.0 Å². The maximum atomic E-state index is 13.1. The molecule has 27 heavy (non-hydrogen) atoms. The highest BCUT2D eigenvalue weighted by Gasteiger charge is 2.41. The first-order valence-corrected chi connectivity index (χ1v) is 11.2. The van der Waals surface area contributed by atoms with E-state index in [1.165, 1.54) is 5.56 Å². The largest absolute Gasteiger partial charge is 0.373 e. The topological polar surface area (TPSA) is 46.6 Å². The first-order chi connectivity index (χ1) is 13.0. The van der Waals surface area contributed by atoms with Gasteiger partial charge in [-0.3, -0.25) is 0 Å². The number of aryl methyl sites for hydroxylation is 1. The van der Waals surface area contributed by atoms with Crippen LogP contribution in [0.5, 0.6) is 0 Å². The lowest BCUT2D eigenvalue weighted by molar-refractivity contribution is -0.0531. The molecule has 4 rings (SSSR count). The van der Waals surface area contributed by atoms with Gasteiger partial charge in [-0.15, -0.1) is 0 Å². The number of benzene rings is 2. The summed E-state index contributed by atoms with van der Waals surface area (Å²) in [5, 5.41) is 0. The molecule has 3 unspecified atom stereocenters. The quantitative estimate of drug-likeness (QED) is 0.781. The molecular weight excluding hydrogens is 358 g/mol. The number of sulfonamides is 1. The summed E-state index contributed by atoms with van der Waals surface area (Å²) < 4.78 is 34.1. The van der Waals surface area contributed by atoms with Gasteiger partial charge < -0.3 is 4.74 Å². The van der Waals surface area contributed by atoms with E-state index in [-0.39, 0.29) is 12.0 Å². The van der Waals surface area contributed by atoms with E-state index < -0.39 is 10.0 Å². The molecule has 1 aliphatic carbocycles. The zero-order valence-corrected chi connectivity index (χ0v) is 16.6. The molecule has 0 radical (unpaired) electrons. The van der Waals surface area contributed by atoms with Crippen LogP contribution in [0.3, 0.4) is 0 Å². The lowest BCUT2D eigenvalue weighted by Crippen LogP contribution is -2.50. The molecule has 1 aliphatic heterocycles. The number of nitrogens with zero attached hydrogens (tertiary/aromatic N) is 1. The van der Waals surface area contributed by atoms with Crippen LogP contribution in [-0.4, -0.2) is 31.9 Å². The molecule has 1 heterocycles. The monoisotopic (exact) mass is 385 g/mol. The maximum Gasteiger partial charge on any atom is 0.243 e. The van der Waals surface area contributed by atoms with Crippen LogP contribution in [0.2, 0.25) is 0 Å². The summed E-state index contributed by atoms with van der Waals surface area (Å²) in [6, 6.07) is 17.4. The molecule has 2 fully saturated rings. The van der Waals surface area contributed by atoms with Crippen molar-refractivity contribution in [1.29, 1.82) is 0 Å². The normalized spacial score (nSPS) is 26.0. The van der Waals surface area contributed by atoms with Gasteiger partial charge in [0.1, 0.15) is 0 Å². The Morgan fingerprint density at radius 1 is 1.00 bits per heavy atom. The van der Waals surface area contributed by atoms with E-state index in [9.17, 15) is 8.42 Å². The standard InChI is InChI=1S/C22H27NO3S/c1-17-7-10-21(11-8-17)27(24,25)23-14-19-9-12-22(20(13-19)15-23)26-16-18-5-3-2-4-6-18/h2-8,10-11,19-20,22H,9,12-16H2,1H3. The van der Waals surface area contributed by atoms with Gasteiger partial charge in [0.15, 0.2) is 0 Å². The molecule has 3 atom stereocenters. The van der Waals surface area contributed by atoms with Crippen molar-refractivity contribution in [3.8, 4) is 0 Å². The first kappa shape index (κ1) is 18.7. The van der Waals surface area contributed by atoms with Crippen LogP contribution >= 0.6 is 0 Å². The fraction of sp³-hybridized carbons (Fsp3) is 0.455. The average molecular weight is 386 g/mol. The van der Waals surface area contributed by atoms with E-state index in [2.05, 4.69) is 12.1 Å². The number of hydrogen-bond donors (Lipinski definition) is 0. The van der Waals surface area contributed by atoms with E-state index in [0.29, 0.717) is 30.5 Å². The maximum absolute atomic E-state index is 13.1. The minimum absolute atomic E-state index is 0.137. The number of rotatable bonds is 5. The molecule has 4 nitrogen and oxygen atoms in total. The van der Waals surface area contributed by atoms with Crippen LogP contribution in [0.15, 0.2) is 59.5 Å². The Morgan fingerprint density at radius 3 is 2.48 bits per heavy atom. The van der Waals surface area contributed by atoms with Crippen molar-refractivity contribution in [3.63, 3.8) is 0 Å². The Kier molecular flexibility index (Phi) is 5.35. The number of ether oxygens (including phenoxy) is 1. The van der Waals surface area contributed by atoms with Gasteiger partial charge in [-0.25, -0.2) is 8.42 Å². The van der Waals surface area contributed by atoms with E-state index in [1.54, 1.807) is 16.4 Å². The van der Waals surface area contributed by atoms with Crippen LogP contribution in [0.4, 0.5) is 0 Å². The zero-order chi connectivity index (χ0) is 18.9. The van der Waals surface area contributed by atoms with Gasteiger partial charge in [-0.2, -0.15) is 4.31 Å². The zero-order valence-electron chi connectivity index (χ0n) is 15.8. The predicted molar refractivity (Wildman–Crippen MR) is 106 cm³/mol. The van der Waals surface area contributed by atoms with Gasteiger partial charge in [0.2, 0.25) is 10.0 Å². The third-order valence-electron chi connectivity index (χ3n) is 5.89. The molecule has 2 aromatic rings. The van der Waals surface area contributed by atoms with Crippen LogP contribution in [0, 0.1) is 18.8 Å². The van der Waals surface area contributed by atoms with E-state index in [1.807, 2.05) is 37.3 Å². The highest BCUT2D eigenvalue weighted by molar-refractivity contribution is 7.89. The van der Waals surface area contributed by atoms with Gasteiger partial charge in [-0.05, 0) is 55.7 Å². The fourth-order valence-electron chi connectivity index (χ4n) is 4.37. The summed E-state index contributed by atoms with van der Waals surface area (Å²) in [6.45, 7) is 3.76. The molecule has 0 spiro atoms. The highest BCUT2D eigenvalue weighted by Crippen LogP contribution is 2.38. The van der Waals surface area contributed by atoms with Crippen molar-refractivity contribution in [2.24, 2.45) is 11.8 Å². The average Bonchev–Trinajstić information content (AvgIpc) is 2.68. The summed E-state index contributed by atoms with van der Waals surface area (Å²) in [5.41, 5.74) is 2.23. The second-order valence-electron chi connectivity index (χ2n) is 7.91. The molecule has 2 bridgehead atoms. The van der Waals surface area contributed by atoms with Crippen LogP contribution in [0.25, 0.3) is 0 Å². The lowest BCUT2D eigenvalue weighted by atomic mass is 9.77. The molecular formula is C22H27NO3S. The molecule has 0 aromatic heterocycles. The number of piperidine rings is 1. The van der Waals surface area contributed by atoms with E-state index >= 15 is 0 Å². The van der Waals surface area contributed by atoms with Crippen molar-refractivity contribution in [3.05, 3.63) is 65.7 Å². The Balaban J connectivity index is 1.46. The Labute approximate surface area is 162 Å². The summed E-state index contributed by atoms with van der Waals surface area (Å²) in [6.07, 6.45) is 3.27. The van der Waals surface area contributed by atoms with E-state index in [0.717, 1.165) is 24.8 Å². The molecule has 1 saturated carbocycles. The smallest absolute Gasteiger partial charge is 0.243 e. The van der Waals surface area contributed by atoms with Gasteiger partial charge >= 0.3 is 0 Å². The minimum Gasteiger partial charge on any atom is -0.373 e. The molecule has 2 aliphatic rings. The Morgan fingerprint density at radius 2 is 1.74 bits per heavy atom. The SMILES string of the molecule is Cc1ccc(S(=O)(=O)N2CC3CCC(OCc4ccccc4)C(C3)C2)cc1. The molecule has 2 aromatic carbocycles. The summed E-state index contributed by atoms with van der Waals surface area (Å²) in [5.74, 6) is 0.724. The van der Waals surface area contributed by atoms with Gasteiger partial charge in [0.05, 0.1) is 17.6 Å². The third-order valence-corrected chi connectivity index (χ3v) is 7.73. The van der Waals surface area contributed by atoms with Crippen molar-refractivity contribution in [2.45, 2.75) is 43.8 Å². The molecule has 1 saturated heterocycles. The van der Waals surface area contributed by atoms with Crippen molar-refractivity contribution in [2.75, 3.05) is 13.1 Å². The number of fused-ring (bicyclic) bond motifs is 2. The van der Waals surface area contributed by atoms with Gasteiger partial charge in [0.25, 0.3) is 0 Å². The van der Waals surface area contributed by atoms with Crippen molar-refractivity contribution < 1.29 is 13.2 Å². The van der Waals surface area contributed by atoms with Crippen LogP contribution in [-0.2, 0) is 21.4 Å². The summed E-state index contributed by atoms with van der Waals surface area (Å²) in [7, 11) is -3.43. The Bertz CT molecular complexity index is 864. The van der Waals surface area contributed by atoms with Crippen LogP contribution < -0.4 is 0 Å². The molecule has 0 amide bonds. The van der Waals surface area contributed by atoms with E-state index in [4.69, 9.17) is 4.74 Å². The fourth-order valence-corrected chi connectivity index (χ4v) is 5.94. The third kappa shape index (κ3) is 4.10. The van der Waals surface area contributed by atoms with Gasteiger partial charge in [0, 0.05) is 13.1 Å². The van der Waals surface area contributed by atoms with Crippen molar-refractivity contribution in [1.82, 2.24) is 4.31 Å². The first-order valence-electron chi connectivity index (χ1n) is 9.75. The predicted octanol–water partition coefficient (Wildman–Crippen LogP) is 4.00. The highest BCUT2D eigenvalue weighted by atomic mass is 32.2. The minimum atomic E-state index is -3.43. The molecule has 144 valence electrons. The molecule has 5 heteroatoms.